The van der Waals surface area contributed by atoms with E-state index in [1.165, 1.54) is 0 Å². The van der Waals surface area contributed by atoms with Crippen LogP contribution < -0.4 is 10.7 Å². The number of carbonyl (C=O) groups excluding carboxylic acids is 3. The maximum absolute atomic E-state index is 13.0. The Labute approximate surface area is 180 Å². The standard InChI is InChI=1S/C24H23N3O4/c1-2-24(18-11-7-4-8-12-18)22(29)27(23(30)25-24)26-21(28)16-14-19-13-15-20(31-19)17-9-5-3-6-10-17/h3-13,15H,2,14,16H2,1H3,(H,25,30)(H,26,28)/t24-/m0/s1. The number of carbonyl (C=O) groups is 3. The number of furan rings is 1. The van der Waals surface area contributed by atoms with E-state index in [-0.39, 0.29) is 6.42 Å². The van der Waals surface area contributed by atoms with Crippen LogP contribution in [0, 0.1) is 0 Å². The number of aryl methyl sites for hydroxylation is 1. The number of rotatable bonds is 7. The van der Waals surface area contributed by atoms with Crippen molar-refractivity contribution in [1.82, 2.24) is 15.8 Å². The van der Waals surface area contributed by atoms with Gasteiger partial charge in [0.15, 0.2) is 0 Å². The molecule has 0 unspecified atom stereocenters. The first kappa shape index (κ1) is 20.4. The highest BCUT2D eigenvalue weighted by Crippen LogP contribution is 2.31. The van der Waals surface area contributed by atoms with E-state index >= 15 is 0 Å². The van der Waals surface area contributed by atoms with Crippen molar-refractivity contribution >= 4 is 17.8 Å². The lowest BCUT2D eigenvalue weighted by atomic mass is 9.87. The van der Waals surface area contributed by atoms with Crippen molar-refractivity contribution in [3.63, 3.8) is 0 Å². The summed E-state index contributed by atoms with van der Waals surface area (Å²) in [5.41, 5.74) is 2.88. The Hall–Kier alpha value is -3.87. The second-order valence-corrected chi connectivity index (χ2v) is 7.36. The number of urea groups is 1. The lowest BCUT2D eigenvalue weighted by Crippen LogP contribution is -2.48. The fourth-order valence-corrected chi connectivity index (χ4v) is 3.73. The summed E-state index contributed by atoms with van der Waals surface area (Å²) in [5, 5.41) is 3.51. The largest absolute Gasteiger partial charge is 0.461 e. The smallest absolute Gasteiger partial charge is 0.344 e. The zero-order valence-electron chi connectivity index (χ0n) is 17.1. The molecule has 1 saturated heterocycles. The number of amides is 4. The summed E-state index contributed by atoms with van der Waals surface area (Å²) in [6.45, 7) is 1.82. The van der Waals surface area contributed by atoms with E-state index in [0.717, 1.165) is 16.3 Å². The minimum Gasteiger partial charge on any atom is -0.461 e. The highest BCUT2D eigenvalue weighted by atomic mass is 16.3. The molecule has 7 heteroatoms. The van der Waals surface area contributed by atoms with Gasteiger partial charge >= 0.3 is 6.03 Å². The Balaban J connectivity index is 1.39. The number of benzene rings is 2. The van der Waals surface area contributed by atoms with Crippen molar-refractivity contribution in [2.24, 2.45) is 0 Å². The van der Waals surface area contributed by atoms with Gasteiger partial charge in [-0.1, -0.05) is 67.6 Å². The minimum atomic E-state index is -1.18. The second kappa shape index (κ2) is 8.47. The summed E-state index contributed by atoms with van der Waals surface area (Å²) < 4.78 is 5.80. The van der Waals surface area contributed by atoms with Gasteiger partial charge in [-0.05, 0) is 24.1 Å². The van der Waals surface area contributed by atoms with Gasteiger partial charge in [-0.3, -0.25) is 15.0 Å². The fraction of sp³-hybridized carbons (Fsp3) is 0.208. The monoisotopic (exact) mass is 417 g/mol. The van der Waals surface area contributed by atoms with Crippen molar-refractivity contribution in [1.29, 1.82) is 0 Å². The molecule has 1 aliphatic heterocycles. The molecule has 0 saturated carbocycles. The normalized spacial score (nSPS) is 18.2. The summed E-state index contributed by atoms with van der Waals surface area (Å²) in [6.07, 6.45) is 0.784. The van der Waals surface area contributed by atoms with Gasteiger partial charge in [-0.25, -0.2) is 4.79 Å². The van der Waals surface area contributed by atoms with Gasteiger partial charge in [0.25, 0.3) is 5.91 Å². The summed E-state index contributed by atoms with van der Waals surface area (Å²) in [4.78, 5) is 38.0. The van der Waals surface area contributed by atoms with Crippen molar-refractivity contribution in [2.75, 3.05) is 0 Å². The van der Waals surface area contributed by atoms with Crippen LogP contribution in [0.2, 0.25) is 0 Å². The molecule has 1 atom stereocenters. The van der Waals surface area contributed by atoms with Crippen LogP contribution in [0.4, 0.5) is 4.79 Å². The number of nitrogens with zero attached hydrogens (tertiary/aromatic N) is 1. The first-order chi connectivity index (χ1) is 15.0. The number of hydrogen-bond acceptors (Lipinski definition) is 4. The molecule has 3 aromatic rings. The maximum Gasteiger partial charge on any atom is 0.344 e. The van der Waals surface area contributed by atoms with Crippen LogP contribution in [0.15, 0.2) is 77.2 Å². The summed E-state index contributed by atoms with van der Waals surface area (Å²) in [6, 6.07) is 21.7. The first-order valence-corrected chi connectivity index (χ1v) is 10.2. The van der Waals surface area contributed by atoms with Gasteiger partial charge in [0.1, 0.15) is 17.1 Å². The zero-order chi connectivity index (χ0) is 21.8. The van der Waals surface area contributed by atoms with E-state index in [9.17, 15) is 14.4 Å². The van der Waals surface area contributed by atoms with Gasteiger partial charge < -0.3 is 9.73 Å². The molecule has 4 rings (SSSR count). The molecule has 1 aromatic heterocycles. The van der Waals surface area contributed by atoms with Crippen LogP contribution in [0.3, 0.4) is 0 Å². The van der Waals surface area contributed by atoms with E-state index in [4.69, 9.17) is 4.42 Å². The molecule has 1 fully saturated rings. The van der Waals surface area contributed by atoms with Crippen LogP contribution in [-0.2, 0) is 21.5 Å². The van der Waals surface area contributed by atoms with Crippen LogP contribution in [0.25, 0.3) is 11.3 Å². The van der Waals surface area contributed by atoms with Crippen LogP contribution in [0.1, 0.15) is 31.1 Å². The molecule has 0 aliphatic carbocycles. The molecule has 31 heavy (non-hydrogen) atoms. The first-order valence-electron chi connectivity index (χ1n) is 10.2. The SMILES string of the molecule is CC[C@@]1(c2ccccc2)NC(=O)N(NC(=O)CCc2ccc(-c3ccccc3)o2)C1=O. The van der Waals surface area contributed by atoms with Gasteiger partial charge in [-0.15, -0.1) is 0 Å². The van der Waals surface area contributed by atoms with Crippen molar-refractivity contribution < 1.29 is 18.8 Å². The molecule has 4 amide bonds. The zero-order valence-corrected chi connectivity index (χ0v) is 17.1. The lowest BCUT2D eigenvalue weighted by Gasteiger charge is -2.25. The molecule has 1 aliphatic rings. The van der Waals surface area contributed by atoms with Gasteiger partial charge in [0, 0.05) is 18.4 Å². The Morgan fingerprint density at radius 1 is 1.00 bits per heavy atom. The molecule has 158 valence electrons. The van der Waals surface area contributed by atoms with Gasteiger partial charge in [-0.2, -0.15) is 5.01 Å². The average molecular weight is 417 g/mol. The molecule has 7 nitrogen and oxygen atoms in total. The van der Waals surface area contributed by atoms with Crippen molar-refractivity contribution in [3.05, 3.63) is 84.1 Å². The second-order valence-electron chi connectivity index (χ2n) is 7.36. The Morgan fingerprint density at radius 2 is 1.68 bits per heavy atom. The Kier molecular flexibility index (Phi) is 5.58. The third-order valence-corrected chi connectivity index (χ3v) is 5.44. The van der Waals surface area contributed by atoms with E-state index in [0.29, 0.717) is 24.2 Å². The summed E-state index contributed by atoms with van der Waals surface area (Å²) >= 11 is 0. The highest BCUT2D eigenvalue weighted by Gasteiger charge is 2.52. The number of nitrogens with one attached hydrogen (secondary N) is 2. The van der Waals surface area contributed by atoms with Crippen LogP contribution in [0.5, 0.6) is 0 Å². The lowest BCUT2D eigenvalue weighted by molar-refractivity contribution is -0.139. The van der Waals surface area contributed by atoms with E-state index < -0.39 is 23.4 Å². The predicted molar refractivity (Wildman–Crippen MR) is 114 cm³/mol. The molecule has 2 aromatic carbocycles. The number of imide groups is 1. The van der Waals surface area contributed by atoms with Crippen molar-refractivity contribution in [2.45, 2.75) is 31.7 Å². The van der Waals surface area contributed by atoms with E-state index in [1.54, 1.807) is 24.3 Å². The average Bonchev–Trinajstić information content (AvgIpc) is 3.38. The molecule has 2 N–H and O–H groups in total. The van der Waals surface area contributed by atoms with E-state index in [2.05, 4.69) is 10.7 Å². The Morgan fingerprint density at radius 3 is 2.35 bits per heavy atom. The van der Waals surface area contributed by atoms with Crippen LogP contribution >= 0.6 is 0 Å². The molecule has 0 spiro atoms. The molecular weight excluding hydrogens is 394 g/mol. The Bertz CT molecular complexity index is 1090. The number of hydrazine groups is 1. The van der Waals surface area contributed by atoms with Crippen molar-refractivity contribution in [3.8, 4) is 11.3 Å². The third-order valence-electron chi connectivity index (χ3n) is 5.44. The predicted octanol–water partition coefficient (Wildman–Crippen LogP) is 3.77. The third kappa shape index (κ3) is 3.94. The number of hydrogen-bond donors (Lipinski definition) is 2. The topological polar surface area (TPSA) is 91.7 Å². The summed E-state index contributed by atoms with van der Waals surface area (Å²) in [7, 11) is 0. The molecule has 2 heterocycles. The van der Waals surface area contributed by atoms with Gasteiger partial charge in [0.05, 0.1) is 0 Å². The molecular formula is C24H23N3O4. The quantitative estimate of drug-likeness (QED) is 0.573. The van der Waals surface area contributed by atoms with E-state index in [1.807, 2.05) is 55.5 Å². The van der Waals surface area contributed by atoms with Crippen LogP contribution in [-0.4, -0.2) is 22.9 Å². The molecule has 0 bridgehead atoms. The highest BCUT2D eigenvalue weighted by molar-refractivity contribution is 6.08. The van der Waals surface area contributed by atoms with Gasteiger partial charge in [0.2, 0.25) is 5.91 Å². The fourth-order valence-electron chi connectivity index (χ4n) is 3.73. The minimum absolute atomic E-state index is 0.0727. The summed E-state index contributed by atoms with van der Waals surface area (Å²) in [5.74, 6) is 0.434. The maximum atomic E-state index is 13.0. The molecule has 0 radical (unpaired) electrons.